The first-order valence-electron chi connectivity index (χ1n) is 8.51. The van der Waals surface area contributed by atoms with Crippen LogP contribution in [-0.4, -0.2) is 99.2 Å². The summed E-state index contributed by atoms with van der Waals surface area (Å²) < 4.78 is 60.3. The fraction of sp³-hybridized carbons (Fsp3) is 0.786. The first-order valence-corrected chi connectivity index (χ1v) is 11.3. The van der Waals surface area contributed by atoms with Gasteiger partial charge in [-0.05, 0) is 20.9 Å². The second kappa shape index (κ2) is 7.17. The number of aromatic nitrogens is 1. The maximum absolute atomic E-state index is 12.8. The molecule has 3 heterocycles. The van der Waals surface area contributed by atoms with Crippen LogP contribution in [0.3, 0.4) is 0 Å². The van der Waals surface area contributed by atoms with Gasteiger partial charge >= 0.3 is 0 Å². The monoisotopic (exact) mass is 407 g/mol. The average Bonchev–Trinajstić information content (AvgIpc) is 2.94. The summed E-state index contributed by atoms with van der Waals surface area (Å²) in [6.45, 7) is 5.93. The molecule has 3 rings (SSSR count). The Labute approximate surface area is 154 Å². The summed E-state index contributed by atoms with van der Waals surface area (Å²) in [6, 6.07) is 0. The summed E-state index contributed by atoms with van der Waals surface area (Å²) >= 11 is 0. The molecule has 0 amide bonds. The third kappa shape index (κ3) is 3.53. The van der Waals surface area contributed by atoms with Crippen LogP contribution in [0.2, 0.25) is 0 Å². The third-order valence-electron chi connectivity index (χ3n) is 4.88. The van der Waals surface area contributed by atoms with Gasteiger partial charge in [-0.25, -0.2) is 8.42 Å². The van der Waals surface area contributed by atoms with Crippen LogP contribution in [0.1, 0.15) is 11.5 Å². The molecule has 0 spiro atoms. The molecule has 10 nitrogen and oxygen atoms in total. The minimum absolute atomic E-state index is 0.0767. The zero-order valence-electron chi connectivity index (χ0n) is 15.3. The highest BCUT2D eigenvalue weighted by atomic mass is 32.2. The van der Waals surface area contributed by atoms with Crippen molar-refractivity contribution in [2.75, 3.05) is 59.4 Å². The second-order valence-corrected chi connectivity index (χ2v) is 10.5. The molecule has 0 aromatic carbocycles. The molecule has 0 radical (unpaired) electrons. The van der Waals surface area contributed by atoms with Gasteiger partial charge in [0, 0.05) is 52.4 Å². The van der Waals surface area contributed by atoms with Crippen LogP contribution in [0.5, 0.6) is 0 Å². The van der Waals surface area contributed by atoms with Crippen molar-refractivity contribution < 1.29 is 21.4 Å². The van der Waals surface area contributed by atoms with Gasteiger partial charge in [-0.3, -0.25) is 0 Å². The number of likely N-dealkylation sites (N-methyl/N-ethyl adjacent to an activating group) is 1. The molecule has 1 aromatic rings. The molecule has 1 aromatic heterocycles. The highest BCUT2D eigenvalue weighted by Crippen LogP contribution is 2.25. The standard InChI is InChI=1S/C14H25N5O5S2/c1-12-14(13(2)24-15-12)25(20,21)17-8-10-19(11-9-17)26(22,23)18-6-4-16(3)5-7-18/h4-11H2,1-3H3. The molecule has 0 saturated carbocycles. The molecule has 2 aliphatic rings. The molecule has 0 bridgehead atoms. The number of hydrogen-bond donors (Lipinski definition) is 0. The lowest BCUT2D eigenvalue weighted by atomic mass is 10.4. The molecule has 0 N–H and O–H groups in total. The van der Waals surface area contributed by atoms with Crippen molar-refractivity contribution in [1.82, 2.24) is 23.0 Å². The topological polar surface area (TPSA) is 107 Å². The predicted molar refractivity (Wildman–Crippen MR) is 94.3 cm³/mol. The van der Waals surface area contributed by atoms with Crippen LogP contribution < -0.4 is 0 Å². The van der Waals surface area contributed by atoms with Crippen molar-refractivity contribution in [2.45, 2.75) is 18.7 Å². The number of rotatable bonds is 4. The predicted octanol–water partition coefficient (Wildman–Crippen LogP) is -0.910. The minimum Gasteiger partial charge on any atom is -0.360 e. The van der Waals surface area contributed by atoms with Gasteiger partial charge in [0.1, 0.15) is 10.6 Å². The molecule has 12 heteroatoms. The molecule has 2 fully saturated rings. The number of hydrogen-bond acceptors (Lipinski definition) is 7. The van der Waals surface area contributed by atoms with Crippen molar-refractivity contribution in [3.8, 4) is 0 Å². The highest BCUT2D eigenvalue weighted by molar-refractivity contribution is 7.89. The first-order chi connectivity index (χ1) is 12.1. The van der Waals surface area contributed by atoms with Crippen molar-refractivity contribution >= 4 is 20.2 Å². The molecule has 0 unspecified atom stereocenters. The van der Waals surface area contributed by atoms with Crippen LogP contribution in [0.4, 0.5) is 0 Å². The Morgan fingerprint density at radius 3 is 1.73 bits per heavy atom. The van der Waals surface area contributed by atoms with E-state index in [0.29, 0.717) is 31.9 Å². The van der Waals surface area contributed by atoms with Gasteiger partial charge in [0.25, 0.3) is 10.2 Å². The van der Waals surface area contributed by atoms with E-state index in [2.05, 4.69) is 10.1 Å². The smallest absolute Gasteiger partial charge is 0.282 e. The van der Waals surface area contributed by atoms with E-state index >= 15 is 0 Å². The van der Waals surface area contributed by atoms with Crippen molar-refractivity contribution in [1.29, 1.82) is 0 Å². The molecule has 2 aliphatic heterocycles. The van der Waals surface area contributed by atoms with E-state index in [-0.39, 0.29) is 36.8 Å². The Morgan fingerprint density at radius 1 is 0.808 bits per heavy atom. The van der Waals surface area contributed by atoms with Crippen LogP contribution >= 0.6 is 0 Å². The average molecular weight is 408 g/mol. The Morgan fingerprint density at radius 2 is 1.27 bits per heavy atom. The fourth-order valence-electron chi connectivity index (χ4n) is 3.29. The number of piperazine rings is 2. The fourth-order valence-corrected chi connectivity index (χ4v) is 6.58. The normalized spacial score (nSPS) is 22.7. The lowest BCUT2D eigenvalue weighted by Gasteiger charge is -2.38. The lowest BCUT2D eigenvalue weighted by molar-refractivity contribution is 0.201. The molecule has 26 heavy (non-hydrogen) atoms. The summed E-state index contributed by atoms with van der Waals surface area (Å²) in [6.07, 6.45) is 0. The maximum atomic E-state index is 12.8. The summed E-state index contributed by atoms with van der Waals surface area (Å²) in [5.41, 5.74) is 0.315. The van der Waals surface area contributed by atoms with Crippen molar-refractivity contribution in [3.05, 3.63) is 11.5 Å². The molecular formula is C14H25N5O5S2. The Balaban J connectivity index is 1.69. The van der Waals surface area contributed by atoms with Gasteiger partial charge in [0.2, 0.25) is 10.0 Å². The zero-order chi connectivity index (χ0) is 19.1. The van der Waals surface area contributed by atoms with Crippen LogP contribution in [0.25, 0.3) is 0 Å². The molecule has 0 aliphatic carbocycles. The molecule has 0 atom stereocenters. The Kier molecular flexibility index (Phi) is 5.43. The van der Waals surface area contributed by atoms with Crippen molar-refractivity contribution in [2.24, 2.45) is 0 Å². The molecular weight excluding hydrogens is 382 g/mol. The first kappa shape index (κ1) is 19.7. The Bertz CT molecular complexity index is 831. The Hall–Kier alpha value is -1.05. The molecule has 2 saturated heterocycles. The summed E-state index contributed by atoms with van der Waals surface area (Å²) in [5.74, 6) is 0.245. The van der Waals surface area contributed by atoms with Gasteiger partial charge in [0.15, 0.2) is 5.76 Å². The largest absolute Gasteiger partial charge is 0.360 e. The molecule has 148 valence electrons. The number of nitrogens with zero attached hydrogens (tertiary/aromatic N) is 5. The van der Waals surface area contributed by atoms with Crippen LogP contribution in [0, 0.1) is 13.8 Å². The van der Waals surface area contributed by atoms with E-state index in [1.165, 1.54) is 12.9 Å². The van der Waals surface area contributed by atoms with Gasteiger partial charge in [-0.1, -0.05) is 5.16 Å². The zero-order valence-corrected chi connectivity index (χ0v) is 16.9. The summed E-state index contributed by atoms with van der Waals surface area (Å²) in [5, 5.41) is 3.70. The van der Waals surface area contributed by atoms with E-state index in [0.717, 1.165) is 0 Å². The van der Waals surface area contributed by atoms with E-state index in [1.54, 1.807) is 13.8 Å². The van der Waals surface area contributed by atoms with E-state index in [1.807, 2.05) is 7.05 Å². The van der Waals surface area contributed by atoms with Crippen LogP contribution in [0.15, 0.2) is 9.42 Å². The van der Waals surface area contributed by atoms with Gasteiger partial charge in [-0.15, -0.1) is 0 Å². The second-order valence-electron chi connectivity index (χ2n) is 6.67. The van der Waals surface area contributed by atoms with E-state index in [4.69, 9.17) is 4.52 Å². The maximum Gasteiger partial charge on any atom is 0.282 e. The third-order valence-corrected chi connectivity index (χ3v) is 9.06. The van der Waals surface area contributed by atoms with Crippen LogP contribution in [-0.2, 0) is 20.2 Å². The quantitative estimate of drug-likeness (QED) is 0.636. The lowest BCUT2D eigenvalue weighted by Crippen LogP contribution is -2.57. The van der Waals surface area contributed by atoms with Gasteiger partial charge < -0.3 is 9.42 Å². The van der Waals surface area contributed by atoms with E-state index < -0.39 is 20.2 Å². The number of aryl methyl sites for hydroxylation is 2. The van der Waals surface area contributed by atoms with Gasteiger partial charge in [-0.2, -0.15) is 21.3 Å². The van der Waals surface area contributed by atoms with Crippen molar-refractivity contribution in [3.63, 3.8) is 0 Å². The van der Waals surface area contributed by atoms with E-state index in [9.17, 15) is 16.8 Å². The van der Waals surface area contributed by atoms with Gasteiger partial charge in [0.05, 0.1) is 0 Å². The SMILES string of the molecule is Cc1noc(C)c1S(=O)(=O)N1CCN(S(=O)(=O)N2CCN(C)CC2)CC1. The number of sulfonamides is 1. The summed E-state index contributed by atoms with van der Waals surface area (Å²) in [7, 11) is -5.35. The summed E-state index contributed by atoms with van der Waals surface area (Å²) in [4.78, 5) is 2.16. The highest BCUT2D eigenvalue weighted by Gasteiger charge is 2.38. The minimum atomic E-state index is -3.75.